The minimum Gasteiger partial charge on any atom is -0.489 e. The molecule has 1 atom stereocenters. The van der Waals surface area contributed by atoms with Crippen molar-refractivity contribution >= 4 is 23.1 Å². The van der Waals surface area contributed by atoms with E-state index in [0.717, 1.165) is 28.9 Å². The van der Waals surface area contributed by atoms with Gasteiger partial charge in [0, 0.05) is 17.0 Å². The van der Waals surface area contributed by atoms with E-state index in [0.29, 0.717) is 43.2 Å². The standard InChI is InChI=1S/C23H26ClFO4/c1-14-15(2)22(7-3-16(14)4-8-23(26)27)29-13-17-12-28-10-9-19(17)20-6-5-18(24)11-21(20)25/h5-7,11,16H,3-4,8-10,12-13H2,1-2H3,(H,26,27). The van der Waals surface area contributed by atoms with E-state index in [1.165, 1.54) is 11.6 Å². The number of hydrogen-bond donors (Lipinski definition) is 1. The van der Waals surface area contributed by atoms with E-state index in [2.05, 4.69) is 0 Å². The first-order chi connectivity index (χ1) is 13.9. The quantitative estimate of drug-likeness (QED) is 0.608. The van der Waals surface area contributed by atoms with Crippen LogP contribution in [0.25, 0.3) is 5.57 Å². The highest BCUT2D eigenvalue weighted by Crippen LogP contribution is 2.34. The van der Waals surface area contributed by atoms with Gasteiger partial charge in [-0.3, -0.25) is 4.79 Å². The molecule has 1 aliphatic heterocycles. The molecular weight excluding hydrogens is 395 g/mol. The topological polar surface area (TPSA) is 55.8 Å². The van der Waals surface area contributed by atoms with Crippen molar-refractivity contribution in [1.82, 2.24) is 0 Å². The maximum Gasteiger partial charge on any atom is 0.303 e. The second kappa shape index (κ2) is 9.59. The highest BCUT2D eigenvalue weighted by molar-refractivity contribution is 6.30. The summed E-state index contributed by atoms with van der Waals surface area (Å²) in [5.41, 5.74) is 4.60. The average molecular weight is 421 g/mol. The summed E-state index contributed by atoms with van der Waals surface area (Å²) in [6.45, 7) is 5.32. The third-order valence-electron chi connectivity index (χ3n) is 5.73. The summed E-state index contributed by atoms with van der Waals surface area (Å²) >= 11 is 5.89. The summed E-state index contributed by atoms with van der Waals surface area (Å²) in [5.74, 6) is -0.0675. The number of carbonyl (C=O) groups is 1. The number of carboxylic acids is 1. The Morgan fingerprint density at radius 1 is 1.38 bits per heavy atom. The zero-order valence-corrected chi connectivity index (χ0v) is 17.5. The number of allylic oxidation sites excluding steroid dienone is 3. The van der Waals surface area contributed by atoms with Crippen LogP contribution in [0.4, 0.5) is 4.39 Å². The second-order valence-electron chi connectivity index (χ2n) is 7.54. The molecule has 0 bridgehead atoms. The number of halogens is 2. The van der Waals surface area contributed by atoms with Gasteiger partial charge < -0.3 is 14.6 Å². The van der Waals surface area contributed by atoms with Crippen molar-refractivity contribution in [2.45, 2.75) is 39.5 Å². The molecule has 1 heterocycles. The maximum absolute atomic E-state index is 14.4. The average Bonchev–Trinajstić information content (AvgIpc) is 2.69. The third-order valence-corrected chi connectivity index (χ3v) is 5.96. The molecule has 0 radical (unpaired) electrons. The molecule has 1 N–H and O–H groups in total. The summed E-state index contributed by atoms with van der Waals surface area (Å²) in [4.78, 5) is 10.9. The van der Waals surface area contributed by atoms with Gasteiger partial charge in [-0.05, 0) is 74.0 Å². The lowest BCUT2D eigenvalue weighted by Gasteiger charge is -2.27. The van der Waals surface area contributed by atoms with Crippen LogP contribution in [-0.2, 0) is 14.3 Å². The molecule has 156 valence electrons. The molecule has 2 aliphatic rings. The molecular formula is C23H26ClFO4. The van der Waals surface area contributed by atoms with Crippen molar-refractivity contribution in [2.24, 2.45) is 5.92 Å². The van der Waals surface area contributed by atoms with Crippen LogP contribution in [-0.4, -0.2) is 30.9 Å². The van der Waals surface area contributed by atoms with E-state index >= 15 is 0 Å². The van der Waals surface area contributed by atoms with E-state index in [-0.39, 0.29) is 18.2 Å². The van der Waals surface area contributed by atoms with Gasteiger partial charge in [0.15, 0.2) is 0 Å². The summed E-state index contributed by atoms with van der Waals surface area (Å²) in [5, 5.41) is 9.30. The molecule has 29 heavy (non-hydrogen) atoms. The predicted molar refractivity (Wildman–Crippen MR) is 111 cm³/mol. The molecule has 4 nitrogen and oxygen atoms in total. The minimum absolute atomic E-state index is 0.166. The number of aliphatic carboxylic acids is 1. The Morgan fingerprint density at radius 3 is 2.90 bits per heavy atom. The first-order valence-electron chi connectivity index (χ1n) is 9.83. The van der Waals surface area contributed by atoms with Crippen LogP contribution in [0.5, 0.6) is 0 Å². The van der Waals surface area contributed by atoms with Crippen LogP contribution in [0.15, 0.2) is 46.8 Å². The van der Waals surface area contributed by atoms with Gasteiger partial charge in [0.2, 0.25) is 0 Å². The van der Waals surface area contributed by atoms with Crippen molar-refractivity contribution in [3.05, 3.63) is 63.2 Å². The molecule has 0 saturated heterocycles. The van der Waals surface area contributed by atoms with Gasteiger partial charge in [0.1, 0.15) is 18.2 Å². The van der Waals surface area contributed by atoms with Gasteiger partial charge in [-0.15, -0.1) is 0 Å². The van der Waals surface area contributed by atoms with Crippen molar-refractivity contribution in [2.75, 3.05) is 19.8 Å². The van der Waals surface area contributed by atoms with Crippen LogP contribution in [0, 0.1) is 11.7 Å². The van der Waals surface area contributed by atoms with Crippen molar-refractivity contribution in [3.63, 3.8) is 0 Å². The molecule has 1 aliphatic carbocycles. The Balaban J connectivity index is 1.74. The summed E-state index contributed by atoms with van der Waals surface area (Å²) < 4.78 is 26.1. The fourth-order valence-corrected chi connectivity index (χ4v) is 4.02. The van der Waals surface area contributed by atoms with Crippen molar-refractivity contribution in [1.29, 1.82) is 0 Å². The highest BCUT2D eigenvalue weighted by atomic mass is 35.5. The first-order valence-corrected chi connectivity index (χ1v) is 10.2. The zero-order chi connectivity index (χ0) is 21.0. The largest absolute Gasteiger partial charge is 0.489 e. The Morgan fingerprint density at radius 2 is 2.17 bits per heavy atom. The molecule has 0 amide bonds. The van der Waals surface area contributed by atoms with Crippen molar-refractivity contribution < 1.29 is 23.8 Å². The van der Waals surface area contributed by atoms with Gasteiger partial charge >= 0.3 is 5.97 Å². The zero-order valence-electron chi connectivity index (χ0n) is 16.8. The fraction of sp³-hybridized carbons (Fsp3) is 0.435. The Hall–Kier alpha value is -2.11. The Kier molecular flexibility index (Phi) is 7.14. The lowest BCUT2D eigenvalue weighted by atomic mass is 9.84. The molecule has 3 rings (SSSR count). The summed E-state index contributed by atoms with van der Waals surface area (Å²) in [7, 11) is 0. The monoisotopic (exact) mass is 420 g/mol. The number of rotatable bonds is 7. The molecule has 0 aromatic heterocycles. The van der Waals surface area contributed by atoms with E-state index in [9.17, 15) is 9.18 Å². The molecule has 1 aromatic carbocycles. The fourth-order valence-electron chi connectivity index (χ4n) is 3.87. The second-order valence-corrected chi connectivity index (χ2v) is 7.98. The van der Waals surface area contributed by atoms with Crippen LogP contribution >= 0.6 is 11.6 Å². The molecule has 0 fully saturated rings. The molecule has 0 saturated carbocycles. The lowest BCUT2D eigenvalue weighted by Crippen LogP contribution is -2.17. The lowest BCUT2D eigenvalue weighted by molar-refractivity contribution is -0.137. The van der Waals surface area contributed by atoms with Gasteiger partial charge in [0.25, 0.3) is 0 Å². The Bertz CT molecular complexity index is 885. The predicted octanol–water partition coefficient (Wildman–Crippen LogP) is 5.77. The Labute approximate surface area is 175 Å². The number of carboxylic acid groups (broad SMARTS) is 1. The number of benzene rings is 1. The van der Waals surface area contributed by atoms with E-state index < -0.39 is 5.97 Å². The van der Waals surface area contributed by atoms with Gasteiger partial charge in [-0.2, -0.15) is 0 Å². The first kappa shape index (κ1) is 21.6. The third kappa shape index (κ3) is 5.28. The maximum atomic E-state index is 14.4. The highest BCUT2D eigenvalue weighted by Gasteiger charge is 2.23. The normalized spacial score (nSPS) is 20.0. The van der Waals surface area contributed by atoms with Gasteiger partial charge in [-0.25, -0.2) is 4.39 Å². The van der Waals surface area contributed by atoms with Gasteiger partial charge in [0.05, 0.1) is 13.2 Å². The SMILES string of the molecule is CC1=C(C)C(CCC(=O)O)CC=C1OCC1=C(c2ccc(Cl)cc2F)CCOC1. The van der Waals surface area contributed by atoms with E-state index in [1.54, 1.807) is 12.1 Å². The summed E-state index contributed by atoms with van der Waals surface area (Å²) in [6.07, 6.45) is 4.21. The van der Waals surface area contributed by atoms with Crippen LogP contribution in [0.3, 0.4) is 0 Å². The molecule has 0 spiro atoms. The van der Waals surface area contributed by atoms with Crippen molar-refractivity contribution in [3.8, 4) is 0 Å². The smallest absolute Gasteiger partial charge is 0.303 e. The molecule has 6 heteroatoms. The van der Waals surface area contributed by atoms with Crippen LogP contribution in [0.1, 0.15) is 45.1 Å². The minimum atomic E-state index is -0.771. The van der Waals surface area contributed by atoms with Crippen LogP contribution in [0.2, 0.25) is 5.02 Å². The van der Waals surface area contributed by atoms with Crippen LogP contribution < -0.4 is 0 Å². The van der Waals surface area contributed by atoms with E-state index in [1.807, 2.05) is 19.9 Å². The summed E-state index contributed by atoms with van der Waals surface area (Å²) in [6, 6.07) is 4.73. The number of hydrogen-bond acceptors (Lipinski definition) is 3. The molecule has 1 unspecified atom stereocenters. The molecule has 1 aromatic rings. The van der Waals surface area contributed by atoms with Gasteiger partial charge in [-0.1, -0.05) is 23.2 Å². The van der Waals surface area contributed by atoms with E-state index in [4.69, 9.17) is 26.2 Å². The number of ether oxygens (including phenoxy) is 2.